The Balaban J connectivity index is 2.39. The first-order valence-electron chi connectivity index (χ1n) is 7.50. The van der Waals surface area contributed by atoms with Crippen molar-refractivity contribution in [2.24, 2.45) is 5.92 Å². The summed E-state index contributed by atoms with van der Waals surface area (Å²) < 4.78 is 0. The molecular weight excluding hydrogens is 224 g/mol. The first-order valence-corrected chi connectivity index (χ1v) is 7.50. The summed E-state index contributed by atoms with van der Waals surface area (Å²) in [5.74, 6) is 1.12. The maximum atomic E-state index is 11.9. The average molecular weight is 254 g/mol. The molecule has 0 aromatic carbocycles. The second-order valence-corrected chi connectivity index (χ2v) is 5.80. The lowest BCUT2D eigenvalue weighted by Crippen LogP contribution is -2.39. The lowest BCUT2D eigenvalue weighted by atomic mass is 9.81. The molecule has 0 aliphatic heterocycles. The summed E-state index contributed by atoms with van der Waals surface area (Å²) >= 11 is 0. The van der Waals surface area contributed by atoms with Crippen molar-refractivity contribution in [3.8, 4) is 0 Å². The third-order valence-electron chi connectivity index (χ3n) is 4.30. The zero-order chi connectivity index (χ0) is 13.5. The minimum atomic E-state index is 0.0981. The zero-order valence-electron chi connectivity index (χ0n) is 12.5. The highest BCUT2D eigenvalue weighted by molar-refractivity contribution is 5.83. The van der Waals surface area contributed by atoms with Gasteiger partial charge in [0.1, 0.15) is 5.78 Å². The summed E-state index contributed by atoms with van der Waals surface area (Å²) in [6.45, 7) is 4.94. The molecule has 0 amide bonds. The van der Waals surface area contributed by atoms with Crippen molar-refractivity contribution in [1.82, 2.24) is 10.2 Å². The van der Waals surface area contributed by atoms with Gasteiger partial charge in [0.25, 0.3) is 0 Å². The van der Waals surface area contributed by atoms with Gasteiger partial charge in [-0.3, -0.25) is 4.79 Å². The molecule has 1 atom stereocenters. The largest absolute Gasteiger partial charge is 0.308 e. The van der Waals surface area contributed by atoms with Crippen molar-refractivity contribution in [3.63, 3.8) is 0 Å². The minimum Gasteiger partial charge on any atom is -0.308 e. The number of rotatable bonds is 7. The molecule has 0 saturated heterocycles. The summed E-state index contributed by atoms with van der Waals surface area (Å²) in [6, 6.07) is 0.849. The normalized spacial score (nSPS) is 26.3. The highest BCUT2D eigenvalue weighted by atomic mass is 16.1. The third kappa shape index (κ3) is 4.69. The molecule has 106 valence electrons. The van der Waals surface area contributed by atoms with Crippen LogP contribution in [0.3, 0.4) is 0 Å². The summed E-state index contributed by atoms with van der Waals surface area (Å²) in [5, 5.41) is 3.35. The van der Waals surface area contributed by atoms with Gasteiger partial charge in [-0.2, -0.15) is 0 Å². The van der Waals surface area contributed by atoms with Crippen LogP contribution in [0.2, 0.25) is 0 Å². The van der Waals surface area contributed by atoms with Crippen LogP contribution >= 0.6 is 0 Å². The smallest absolute Gasteiger partial charge is 0.149 e. The van der Waals surface area contributed by atoms with Crippen molar-refractivity contribution in [1.29, 1.82) is 0 Å². The van der Waals surface area contributed by atoms with E-state index in [0.717, 1.165) is 24.9 Å². The Labute approximate surface area is 112 Å². The molecular formula is C15H30N2O. The monoisotopic (exact) mass is 254 g/mol. The van der Waals surface area contributed by atoms with Gasteiger partial charge in [0.2, 0.25) is 0 Å². The van der Waals surface area contributed by atoms with Gasteiger partial charge < -0.3 is 10.2 Å². The molecule has 0 radical (unpaired) electrons. The van der Waals surface area contributed by atoms with E-state index in [9.17, 15) is 4.79 Å². The van der Waals surface area contributed by atoms with E-state index >= 15 is 0 Å². The fourth-order valence-corrected chi connectivity index (χ4v) is 3.05. The fraction of sp³-hybridized carbons (Fsp3) is 0.933. The van der Waals surface area contributed by atoms with E-state index in [1.165, 1.54) is 25.7 Å². The number of hydrogen-bond donors (Lipinski definition) is 1. The quantitative estimate of drug-likeness (QED) is 0.757. The van der Waals surface area contributed by atoms with E-state index in [-0.39, 0.29) is 6.04 Å². The van der Waals surface area contributed by atoms with Crippen LogP contribution in [-0.2, 0) is 4.79 Å². The molecule has 0 heterocycles. The van der Waals surface area contributed by atoms with Gasteiger partial charge >= 0.3 is 0 Å². The van der Waals surface area contributed by atoms with E-state index in [2.05, 4.69) is 31.2 Å². The third-order valence-corrected chi connectivity index (χ3v) is 4.30. The Hall–Kier alpha value is -0.410. The Bertz CT molecular complexity index is 245. The highest BCUT2D eigenvalue weighted by Gasteiger charge is 2.26. The lowest BCUT2D eigenvalue weighted by Gasteiger charge is -2.34. The van der Waals surface area contributed by atoms with Crippen LogP contribution in [0.1, 0.15) is 52.4 Å². The Morgan fingerprint density at radius 2 is 1.83 bits per heavy atom. The predicted octanol–water partition coefficient (Wildman–Crippen LogP) is 2.45. The topological polar surface area (TPSA) is 32.3 Å². The van der Waals surface area contributed by atoms with Crippen molar-refractivity contribution in [2.45, 2.75) is 64.5 Å². The van der Waals surface area contributed by atoms with Crippen LogP contribution in [0.4, 0.5) is 0 Å². The molecule has 1 unspecified atom stereocenters. The summed E-state index contributed by atoms with van der Waals surface area (Å²) in [6.07, 6.45) is 6.84. The van der Waals surface area contributed by atoms with E-state index < -0.39 is 0 Å². The standard InChI is InChI=1S/C15H30N2O/c1-5-15(18)14(16-6-2)11-12-7-9-13(10-8-12)17(3)4/h12-14,16H,5-11H2,1-4H3. The number of carbonyl (C=O) groups is 1. The second-order valence-electron chi connectivity index (χ2n) is 5.80. The zero-order valence-corrected chi connectivity index (χ0v) is 12.5. The minimum absolute atomic E-state index is 0.0981. The molecule has 1 fully saturated rings. The van der Waals surface area contributed by atoms with Crippen LogP contribution in [0.15, 0.2) is 0 Å². The molecule has 3 nitrogen and oxygen atoms in total. The van der Waals surface area contributed by atoms with Crippen molar-refractivity contribution in [2.75, 3.05) is 20.6 Å². The number of hydrogen-bond acceptors (Lipinski definition) is 3. The number of ketones is 1. The van der Waals surface area contributed by atoms with Gasteiger partial charge in [-0.05, 0) is 58.7 Å². The molecule has 1 rings (SSSR count). The first kappa shape index (κ1) is 15.6. The van der Waals surface area contributed by atoms with Crippen LogP contribution in [0.5, 0.6) is 0 Å². The molecule has 0 bridgehead atoms. The maximum Gasteiger partial charge on any atom is 0.149 e. The molecule has 1 saturated carbocycles. The molecule has 1 aliphatic carbocycles. The summed E-state index contributed by atoms with van der Waals surface area (Å²) in [4.78, 5) is 14.2. The Kier molecular flexibility index (Phi) is 6.87. The first-order chi connectivity index (χ1) is 8.58. The lowest BCUT2D eigenvalue weighted by molar-refractivity contribution is -0.121. The van der Waals surface area contributed by atoms with Crippen LogP contribution in [0.25, 0.3) is 0 Å². The fourth-order valence-electron chi connectivity index (χ4n) is 3.05. The molecule has 3 heteroatoms. The molecule has 0 aromatic rings. The van der Waals surface area contributed by atoms with Crippen molar-refractivity contribution in [3.05, 3.63) is 0 Å². The van der Waals surface area contributed by atoms with E-state index in [0.29, 0.717) is 12.2 Å². The number of carbonyl (C=O) groups excluding carboxylic acids is 1. The van der Waals surface area contributed by atoms with Gasteiger partial charge in [-0.15, -0.1) is 0 Å². The molecule has 1 N–H and O–H groups in total. The van der Waals surface area contributed by atoms with Crippen LogP contribution in [-0.4, -0.2) is 43.4 Å². The highest BCUT2D eigenvalue weighted by Crippen LogP contribution is 2.29. The van der Waals surface area contributed by atoms with Gasteiger partial charge in [0.05, 0.1) is 6.04 Å². The molecule has 0 aromatic heterocycles. The summed E-state index contributed by atoms with van der Waals surface area (Å²) in [7, 11) is 4.35. The van der Waals surface area contributed by atoms with E-state index in [1.54, 1.807) is 0 Å². The van der Waals surface area contributed by atoms with E-state index in [1.807, 2.05) is 6.92 Å². The van der Waals surface area contributed by atoms with Crippen molar-refractivity contribution < 1.29 is 4.79 Å². The van der Waals surface area contributed by atoms with Gasteiger partial charge in [-0.25, -0.2) is 0 Å². The molecule has 1 aliphatic rings. The Morgan fingerprint density at radius 1 is 1.22 bits per heavy atom. The van der Waals surface area contributed by atoms with Crippen molar-refractivity contribution >= 4 is 5.78 Å². The van der Waals surface area contributed by atoms with Crippen LogP contribution < -0.4 is 5.32 Å². The van der Waals surface area contributed by atoms with Gasteiger partial charge in [0.15, 0.2) is 0 Å². The SMILES string of the molecule is CCNC(CC1CCC(N(C)C)CC1)C(=O)CC. The predicted molar refractivity (Wildman–Crippen MR) is 76.8 cm³/mol. The van der Waals surface area contributed by atoms with Crippen LogP contribution in [0, 0.1) is 5.92 Å². The summed E-state index contributed by atoms with van der Waals surface area (Å²) in [5.41, 5.74) is 0. The molecule has 0 spiro atoms. The van der Waals surface area contributed by atoms with E-state index in [4.69, 9.17) is 0 Å². The maximum absolute atomic E-state index is 11.9. The molecule has 18 heavy (non-hydrogen) atoms. The number of Topliss-reactive ketones (excluding diaryl/α,β-unsaturated/α-hetero) is 1. The van der Waals surface area contributed by atoms with Gasteiger partial charge in [-0.1, -0.05) is 13.8 Å². The number of nitrogens with zero attached hydrogens (tertiary/aromatic N) is 1. The Morgan fingerprint density at radius 3 is 2.28 bits per heavy atom. The van der Waals surface area contributed by atoms with Gasteiger partial charge in [0, 0.05) is 12.5 Å². The average Bonchev–Trinajstić information content (AvgIpc) is 2.38. The number of nitrogens with one attached hydrogen (secondary N) is 1. The number of likely N-dealkylation sites (N-methyl/N-ethyl adjacent to an activating group) is 1. The second kappa shape index (κ2) is 7.90.